The molecule has 0 aliphatic carbocycles. The standard InChI is InChI=1S/C10H11BrFNO/c1-6(14)10(13-2)8-5-7(11)3-4-9(8)12/h3-5,10,13H,1-2H3. The maximum atomic E-state index is 13.4. The molecule has 14 heavy (non-hydrogen) atoms. The van der Waals surface area contributed by atoms with Gasteiger partial charge in [0, 0.05) is 10.0 Å². The summed E-state index contributed by atoms with van der Waals surface area (Å²) in [6.07, 6.45) is 0. The molecule has 1 rings (SSSR count). The molecule has 0 aromatic heterocycles. The maximum Gasteiger partial charge on any atom is 0.151 e. The summed E-state index contributed by atoms with van der Waals surface area (Å²) in [4.78, 5) is 11.2. The number of hydrogen-bond acceptors (Lipinski definition) is 2. The SMILES string of the molecule is CNC(C(C)=O)c1cc(Br)ccc1F. The van der Waals surface area contributed by atoms with E-state index >= 15 is 0 Å². The van der Waals surface area contributed by atoms with E-state index in [1.165, 1.54) is 13.0 Å². The Balaban J connectivity index is 3.15. The summed E-state index contributed by atoms with van der Waals surface area (Å²) >= 11 is 3.24. The summed E-state index contributed by atoms with van der Waals surface area (Å²) in [6, 6.07) is 3.98. The highest BCUT2D eigenvalue weighted by atomic mass is 79.9. The molecule has 0 heterocycles. The van der Waals surface area contributed by atoms with Gasteiger partial charge in [0.15, 0.2) is 5.78 Å². The monoisotopic (exact) mass is 259 g/mol. The Morgan fingerprint density at radius 2 is 2.21 bits per heavy atom. The van der Waals surface area contributed by atoms with E-state index in [1.54, 1.807) is 19.2 Å². The molecule has 76 valence electrons. The van der Waals surface area contributed by atoms with E-state index in [2.05, 4.69) is 21.2 Å². The second kappa shape index (κ2) is 4.66. The van der Waals surface area contributed by atoms with Crippen LogP contribution in [0.4, 0.5) is 4.39 Å². The first-order chi connectivity index (χ1) is 6.56. The van der Waals surface area contributed by atoms with E-state index in [4.69, 9.17) is 0 Å². The topological polar surface area (TPSA) is 29.1 Å². The Labute approximate surface area is 90.6 Å². The highest BCUT2D eigenvalue weighted by molar-refractivity contribution is 9.10. The zero-order chi connectivity index (χ0) is 10.7. The molecule has 0 spiro atoms. The first-order valence-electron chi connectivity index (χ1n) is 4.19. The first-order valence-corrected chi connectivity index (χ1v) is 4.98. The quantitative estimate of drug-likeness (QED) is 0.904. The second-order valence-corrected chi connectivity index (χ2v) is 3.91. The van der Waals surface area contributed by atoms with Gasteiger partial charge in [-0.3, -0.25) is 4.79 Å². The van der Waals surface area contributed by atoms with Crippen molar-refractivity contribution >= 4 is 21.7 Å². The number of ketones is 1. The molecule has 4 heteroatoms. The van der Waals surface area contributed by atoms with Gasteiger partial charge in [0.05, 0.1) is 6.04 Å². The molecular weight excluding hydrogens is 249 g/mol. The Morgan fingerprint density at radius 1 is 1.57 bits per heavy atom. The lowest BCUT2D eigenvalue weighted by atomic mass is 10.0. The third-order valence-electron chi connectivity index (χ3n) is 1.96. The van der Waals surface area contributed by atoms with Crippen molar-refractivity contribution in [2.45, 2.75) is 13.0 Å². The van der Waals surface area contributed by atoms with Crippen LogP contribution in [0.5, 0.6) is 0 Å². The van der Waals surface area contributed by atoms with Gasteiger partial charge in [-0.25, -0.2) is 4.39 Å². The van der Waals surface area contributed by atoms with E-state index < -0.39 is 6.04 Å². The summed E-state index contributed by atoms with van der Waals surface area (Å²) in [7, 11) is 1.63. The maximum absolute atomic E-state index is 13.4. The number of Topliss-reactive ketones (excluding diaryl/α,β-unsaturated/α-hetero) is 1. The Kier molecular flexibility index (Phi) is 3.77. The van der Waals surface area contributed by atoms with Crippen LogP contribution in [0.3, 0.4) is 0 Å². The molecule has 0 aliphatic rings. The molecule has 1 unspecified atom stereocenters. The molecule has 0 bridgehead atoms. The van der Waals surface area contributed by atoms with Gasteiger partial charge in [0.1, 0.15) is 5.82 Å². The van der Waals surface area contributed by atoms with Gasteiger partial charge < -0.3 is 5.32 Å². The zero-order valence-corrected chi connectivity index (χ0v) is 9.56. The molecule has 1 aromatic carbocycles. The highest BCUT2D eigenvalue weighted by Gasteiger charge is 2.18. The molecule has 2 nitrogen and oxygen atoms in total. The zero-order valence-electron chi connectivity index (χ0n) is 7.97. The molecule has 0 saturated carbocycles. The van der Waals surface area contributed by atoms with Crippen molar-refractivity contribution in [1.82, 2.24) is 5.32 Å². The lowest BCUT2D eigenvalue weighted by molar-refractivity contribution is -0.119. The van der Waals surface area contributed by atoms with Gasteiger partial charge in [0.2, 0.25) is 0 Å². The van der Waals surface area contributed by atoms with Gasteiger partial charge in [-0.1, -0.05) is 15.9 Å². The molecule has 1 N–H and O–H groups in total. The third-order valence-corrected chi connectivity index (χ3v) is 2.46. The van der Waals surface area contributed by atoms with E-state index in [-0.39, 0.29) is 11.6 Å². The smallest absolute Gasteiger partial charge is 0.151 e. The van der Waals surface area contributed by atoms with E-state index in [0.29, 0.717) is 5.56 Å². The number of hydrogen-bond donors (Lipinski definition) is 1. The van der Waals surface area contributed by atoms with Gasteiger partial charge in [-0.2, -0.15) is 0 Å². The normalized spacial score (nSPS) is 12.6. The first kappa shape index (κ1) is 11.3. The van der Waals surface area contributed by atoms with E-state index in [9.17, 15) is 9.18 Å². The second-order valence-electron chi connectivity index (χ2n) is 3.00. The summed E-state index contributed by atoms with van der Waals surface area (Å²) in [5.41, 5.74) is 0.370. The van der Waals surface area contributed by atoms with Gasteiger partial charge >= 0.3 is 0 Å². The van der Waals surface area contributed by atoms with Crippen LogP contribution in [0.15, 0.2) is 22.7 Å². The molecule has 0 amide bonds. The van der Waals surface area contributed by atoms with Crippen LogP contribution in [-0.2, 0) is 4.79 Å². The molecule has 0 aliphatic heterocycles. The number of rotatable bonds is 3. The van der Waals surface area contributed by atoms with Crippen molar-refractivity contribution < 1.29 is 9.18 Å². The van der Waals surface area contributed by atoms with Crippen LogP contribution in [0, 0.1) is 5.82 Å². The Bertz CT molecular complexity index is 354. The Morgan fingerprint density at radius 3 is 2.71 bits per heavy atom. The molecule has 0 saturated heterocycles. The van der Waals surface area contributed by atoms with Crippen molar-refractivity contribution in [2.24, 2.45) is 0 Å². The van der Waals surface area contributed by atoms with Crippen molar-refractivity contribution in [3.8, 4) is 0 Å². The van der Waals surface area contributed by atoms with Crippen LogP contribution in [0.1, 0.15) is 18.5 Å². The predicted octanol–water partition coefficient (Wildman–Crippen LogP) is 2.44. The number of carbonyl (C=O) groups is 1. The molecule has 1 aromatic rings. The number of likely N-dealkylation sites (N-methyl/N-ethyl adjacent to an activating group) is 1. The lowest BCUT2D eigenvalue weighted by Gasteiger charge is -2.14. The van der Waals surface area contributed by atoms with Gasteiger partial charge in [-0.05, 0) is 32.2 Å². The third kappa shape index (κ3) is 2.39. The predicted molar refractivity (Wildman–Crippen MR) is 56.6 cm³/mol. The molecule has 0 radical (unpaired) electrons. The molecule has 1 atom stereocenters. The Hall–Kier alpha value is -0.740. The molecule has 0 fully saturated rings. The summed E-state index contributed by atoms with van der Waals surface area (Å²) in [6.45, 7) is 1.43. The average molecular weight is 260 g/mol. The van der Waals surface area contributed by atoms with Crippen molar-refractivity contribution in [3.63, 3.8) is 0 Å². The number of carbonyl (C=O) groups excluding carboxylic acids is 1. The summed E-state index contributed by atoms with van der Waals surface area (Å²) in [5.74, 6) is -0.479. The fourth-order valence-electron chi connectivity index (χ4n) is 1.31. The fourth-order valence-corrected chi connectivity index (χ4v) is 1.69. The number of benzene rings is 1. The minimum absolute atomic E-state index is 0.107. The van der Waals surface area contributed by atoms with E-state index in [0.717, 1.165) is 4.47 Å². The van der Waals surface area contributed by atoms with Crippen LogP contribution in [-0.4, -0.2) is 12.8 Å². The van der Waals surface area contributed by atoms with Gasteiger partial charge in [0.25, 0.3) is 0 Å². The minimum atomic E-state index is -0.576. The van der Waals surface area contributed by atoms with Crippen LogP contribution < -0.4 is 5.32 Å². The minimum Gasteiger partial charge on any atom is -0.307 e. The van der Waals surface area contributed by atoms with Crippen molar-refractivity contribution in [1.29, 1.82) is 0 Å². The van der Waals surface area contributed by atoms with Crippen molar-refractivity contribution in [2.75, 3.05) is 7.05 Å². The highest BCUT2D eigenvalue weighted by Crippen LogP contribution is 2.22. The number of halogens is 2. The summed E-state index contributed by atoms with van der Waals surface area (Å²) < 4.78 is 14.1. The lowest BCUT2D eigenvalue weighted by Crippen LogP contribution is -2.24. The van der Waals surface area contributed by atoms with Crippen LogP contribution in [0.2, 0.25) is 0 Å². The van der Waals surface area contributed by atoms with E-state index in [1.807, 2.05) is 0 Å². The van der Waals surface area contributed by atoms with Gasteiger partial charge in [-0.15, -0.1) is 0 Å². The van der Waals surface area contributed by atoms with Crippen LogP contribution >= 0.6 is 15.9 Å². The largest absolute Gasteiger partial charge is 0.307 e. The molecular formula is C10H11BrFNO. The number of nitrogens with one attached hydrogen (secondary N) is 1. The summed E-state index contributed by atoms with van der Waals surface area (Å²) in [5, 5.41) is 2.78. The van der Waals surface area contributed by atoms with Crippen LogP contribution in [0.25, 0.3) is 0 Å². The van der Waals surface area contributed by atoms with Crippen molar-refractivity contribution in [3.05, 3.63) is 34.1 Å². The fraction of sp³-hybridized carbons (Fsp3) is 0.300. The average Bonchev–Trinajstić information content (AvgIpc) is 2.11.